The van der Waals surface area contributed by atoms with Gasteiger partial charge in [-0.15, -0.1) is 0 Å². The van der Waals surface area contributed by atoms with Crippen molar-refractivity contribution in [2.45, 2.75) is 31.3 Å². The number of pyridine rings is 1. The SMILES string of the molecule is Cc1cc2[nH]c(OC3COC4C(O)COC34)nc2nc1-c1ccc(-c2ccccc2)cc1. The smallest absolute Gasteiger partial charge is 0.296 e. The molecule has 0 bridgehead atoms. The highest BCUT2D eigenvalue weighted by atomic mass is 16.6. The molecule has 2 aromatic carbocycles. The van der Waals surface area contributed by atoms with Gasteiger partial charge in [0.2, 0.25) is 0 Å². The minimum Gasteiger partial charge on any atom is -0.456 e. The number of benzene rings is 2. The maximum absolute atomic E-state index is 9.91. The van der Waals surface area contributed by atoms with Crippen LogP contribution in [0, 0.1) is 6.92 Å². The van der Waals surface area contributed by atoms with Crippen molar-refractivity contribution in [2.75, 3.05) is 13.2 Å². The number of aromatic nitrogens is 3. The Morgan fingerprint density at radius 2 is 1.62 bits per heavy atom. The molecule has 4 heterocycles. The third-order valence-corrected chi connectivity index (χ3v) is 6.15. The maximum Gasteiger partial charge on any atom is 0.296 e. The van der Waals surface area contributed by atoms with Gasteiger partial charge in [-0.25, -0.2) is 4.98 Å². The highest BCUT2D eigenvalue weighted by Crippen LogP contribution is 2.31. The first kappa shape index (κ1) is 19.4. The monoisotopic (exact) mass is 429 g/mol. The molecule has 2 N–H and O–H groups in total. The van der Waals surface area contributed by atoms with E-state index in [1.54, 1.807) is 0 Å². The Morgan fingerprint density at radius 1 is 0.906 bits per heavy atom. The second kappa shape index (κ2) is 7.70. The van der Waals surface area contributed by atoms with Crippen molar-refractivity contribution in [3.05, 3.63) is 66.2 Å². The van der Waals surface area contributed by atoms with Crippen molar-refractivity contribution in [1.29, 1.82) is 0 Å². The molecule has 4 unspecified atom stereocenters. The fourth-order valence-electron chi connectivity index (χ4n) is 4.51. The third kappa shape index (κ3) is 3.35. The Hall–Kier alpha value is -3.26. The minimum atomic E-state index is -0.607. The predicted molar refractivity (Wildman–Crippen MR) is 119 cm³/mol. The Balaban J connectivity index is 1.26. The van der Waals surface area contributed by atoms with Crippen LogP contribution >= 0.6 is 0 Å². The third-order valence-electron chi connectivity index (χ3n) is 6.15. The molecule has 2 aromatic heterocycles. The summed E-state index contributed by atoms with van der Waals surface area (Å²) < 4.78 is 17.3. The molecule has 6 rings (SSSR count). The van der Waals surface area contributed by atoms with E-state index in [0.717, 1.165) is 22.3 Å². The van der Waals surface area contributed by atoms with E-state index in [1.807, 2.05) is 31.2 Å². The summed E-state index contributed by atoms with van der Waals surface area (Å²) >= 11 is 0. The van der Waals surface area contributed by atoms with Gasteiger partial charge in [0, 0.05) is 5.56 Å². The zero-order valence-electron chi connectivity index (χ0n) is 17.6. The summed E-state index contributed by atoms with van der Waals surface area (Å²) in [5.41, 5.74) is 6.73. The van der Waals surface area contributed by atoms with E-state index in [0.29, 0.717) is 18.3 Å². The number of hydrogen-bond acceptors (Lipinski definition) is 6. The maximum atomic E-state index is 9.91. The number of aliphatic hydroxyl groups excluding tert-OH is 1. The number of nitrogens with zero attached hydrogens (tertiary/aromatic N) is 2. The van der Waals surface area contributed by atoms with Gasteiger partial charge in [0.15, 0.2) is 11.8 Å². The van der Waals surface area contributed by atoms with Crippen LogP contribution in [0.3, 0.4) is 0 Å². The Morgan fingerprint density at radius 3 is 2.44 bits per heavy atom. The highest BCUT2D eigenvalue weighted by molar-refractivity contribution is 5.79. The first-order valence-electron chi connectivity index (χ1n) is 10.8. The van der Waals surface area contributed by atoms with Crippen molar-refractivity contribution in [2.24, 2.45) is 0 Å². The van der Waals surface area contributed by atoms with Crippen LogP contribution in [0.5, 0.6) is 6.01 Å². The Labute approximate surface area is 185 Å². The lowest BCUT2D eigenvalue weighted by molar-refractivity contribution is 0.00706. The summed E-state index contributed by atoms with van der Waals surface area (Å²) in [6, 6.07) is 21.1. The van der Waals surface area contributed by atoms with E-state index < -0.39 is 6.10 Å². The quantitative estimate of drug-likeness (QED) is 0.516. The molecular formula is C25H23N3O4. The lowest BCUT2D eigenvalue weighted by Gasteiger charge is -2.15. The molecule has 0 amide bonds. The number of ether oxygens (including phenoxy) is 3. The van der Waals surface area contributed by atoms with Crippen molar-refractivity contribution in [3.63, 3.8) is 0 Å². The van der Waals surface area contributed by atoms with Crippen LogP contribution in [-0.2, 0) is 9.47 Å². The number of aliphatic hydroxyl groups is 1. The average molecular weight is 429 g/mol. The molecule has 2 fully saturated rings. The van der Waals surface area contributed by atoms with Crippen molar-refractivity contribution in [3.8, 4) is 28.4 Å². The van der Waals surface area contributed by atoms with Crippen LogP contribution in [0.1, 0.15) is 5.56 Å². The summed E-state index contributed by atoms with van der Waals surface area (Å²) in [6.07, 6.45) is -1.55. The Kier molecular flexibility index (Phi) is 4.68. The largest absolute Gasteiger partial charge is 0.456 e. The van der Waals surface area contributed by atoms with Gasteiger partial charge in [-0.05, 0) is 29.7 Å². The van der Waals surface area contributed by atoms with E-state index in [4.69, 9.17) is 19.2 Å². The van der Waals surface area contributed by atoms with Crippen LogP contribution in [-0.4, -0.2) is 57.7 Å². The molecule has 0 saturated carbocycles. The average Bonchev–Trinajstić information content (AvgIpc) is 3.51. The number of nitrogens with one attached hydrogen (secondary N) is 1. The van der Waals surface area contributed by atoms with E-state index in [1.165, 1.54) is 11.1 Å². The molecule has 32 heavy (non-hydrogen) atoms. The fraction of sp³-hybridized carbons (Fsp3) is 0.280. The Bertz CT molecular complexity index is 1260. The number of aromatic amines is 1. The van der Waals surface area contributed by atoms with Gasteiger partial charge < -0.3 is 24.3 Å². The molecule has 7 heteroatoms. The zero-order valence-corrected chi connectivity index (χ0v) is 17.6. The minimum absolute atomic E-state index is 0.266. The van der Waals surface area contributed by atoms with E-state index in [9.17, 15) is 5.11 Å². The zero-order chi connectivity index (χ0) is 21.7. The highest BCUT2D eigenvalue weighted by Gasteiger charge is 2.48. The van der Waals surface area contributed by atoms with Gasteiger partial charge >= 0.3 is 0 Å². The van der Waals surface area contributed by atoms with Crippen LogP contribution in [0.4, 0.5) is 0 Å². The molecule has 0 radical (unpaired) electrons. The van der Waals surface area contributed by atoms with E-state index in [2.05, 4.69) is 46.4 Å². The van der Waals surface area contributed by atoms with Gasteiger partial charge in [-0.2, -0.15) is 4.98 Å². The lowest BCUT2D eigenvalue weighted by Crippen LogP contribution is -2.34. The number of imidazole rings is 1. The van der Waals surface area contributed by atoms with Gasteiger partial charge in [0.05, 0.1) is 24.4 Å². The number of hydrogen-bond donors (Lipinski definition) is 2. The summed E-state index contributed by atoms with van der Waals surface area (Å²) in [5, 5.41) is 9.91. The molecule has 4 aromatic rings. The van der Waals surface area contributed by atoms with Crippen LogP contribution in [0.15, 0.2) is 60.7 Å². The fourth-order valence-corrected chi connectivity index (χ4v) is 4.51. The van der Waals surface area contributed by atoms with E-state index in [-0.39, 0.29) is 24.9 Å². The van der Waals surface area contributed by atoms with Crippen molar-refractivity contribution >= 4 is 11.2 Å². The lowest BCUT2D eigenvalue weighted by atomic mass is 10.0. The second-order valence-electron chi connectivity index (χ2n) is 8.33. The standard InChI is InChI=1S/C25H23N3O4/c1-14-11-18-24(28-25(26-18)32-20-13-31-22-19(29)12-30-23(20)22)27-21(14)17-9-7-16(8-10-17)15-5-3-2-4-6-15/h2-11,19-20,22-23,29H,12-13H2,1H3,(H,26,27,28). The number of fused-ring (bicyclic) bond motifs is 2. The van der Waals surface area contributed by atoms with Crippen LogP contribution in [0.25, 0.3) is 33.5 Å². The molecule has 4 atom stereocenters. The van der Waals surface area contributed by atoms with Crippen molar-refractivity contribution in [1.82, 2.24) is 15.0 Å². The number of H-pyrrole nitrogens is 1. The molecule has 2 aliphatic rings. The van der Waals surface area contributed by atoms with Crippen molar-refractivity contribution < 1.29 is 19.3 Å². The van der Waals surface area contributed by atoms with E-state index >= 15 is 0 Å². The van der Waals surface area contributed by atoms with Gasteiger partial charge in [-0.1, -0.05) is 54.6 Å². The predicted octanol–water partition coefficient (Wildman–Crippen LogP) is 3.51. The van der Waals surface area contributed by atoms with Gasteiger partial charge in [-0.3, -0.25) is 0 Å². The summed E-state index contributed by atoms with van der Waals surface area (Å²) in [4.78, 5) is 12.5. The topological polar surface area (TPSA) is 89.5 Å². The second-order valence-corrected chi connectivity index (χ2v) is 8.33. The van der Waals surface area contributed by atoms with Gasteiger partial charge in [0.25, 0.3) is 6.01 Å². The van der Waals surface area contributed by atoms with Gasteiger partial charge in [0.1, 0.15) is 18.3 Å². The summed E-state index contributed by atoms with van der Waals surface area (Å²) in [6.45, 7) is 2.66. The molecule has 0 spiro atoms. The molecule has 162 valence electrons. The summed E-state index contributed by atoms with van der Waals surface area (Å²) in [5.74, 6) is 0. The molecule has 2 aliphatic heterocycles. The van der Waals surface area contributed by atoms with Crippen LogP contribution in [0.2, 0.25) is 0 Å². The molecule has 0 aliphatic carbocycles. The number of rotatable bonds is 4. The van der Waals surface area contributed by atoms with Crippen LogP contribution < -0.4 is 4.74 Å². The normalized spacial score (nSPS) is 24.7. The first-order valence-corrected chi connectivity index (χ1v) is 10.8. The molecule has 2 saturated heterocycles. The molecular weight excluding hydrogens is 406 g/mol. The first-order chi connectivity index (χ1) is 15.7. The molecule has 7 nitrogen and oxygen atoms in total. The summed E-state index contributed by atoms with van der Waals surface area (Å²) in [7, 11) is 0. The number of aryl methyl sites for hydroxylation is 1.